The topological polar surface area (TPSA) is 71.0 Å². The molecule has 0 saturated heterocycles. The van der Waals surface area contributed by atoms with Gasteiger partial charge in [0, 0.05) is 24.2 Å². The van der Waals surface area contributed by atoms with Crippen LogP contribution in [0.5, 0.6) is 11.5 Å². The van der Waals surface area contributed by atoms with Crippen molar-refractivity contribution in [1.29, 1.82) is 0 Å². The van der Waals surface area contributed by atoms with Crippen molar-refractivity contribution in [3.63, 3.8) is 0 Å². The van der Waals surface area contributed by atoms with Crippen molar-refractivity contribution < 1.29 is 19.4 Å². The maximum atomic E-state index is 12.5. The van der Waals surface area contributed by atoms with E-state index in [2.05, 4.69) is 23.2 Å². The number of anilines is 1. The van der Waals surface area contributed by atoms with Gasteiger partial charge in [0.2, 0.25) is 0 Å². The van der Waals surface area contributed by atoms with Crippen LogP contribution in [0, 0.1) is 0 Å². The van der Waals surface area contributed by atoms with Gasteiger partial charge in [-0.2, -0.15) is 0 Å². The Balaban J connectivity index is 1.51. The molecule has 0 bridgehead atoms. The Labute approximate surface area is 176 Å². The summed E-state index contributed by atoms with van der Waals surface area (Å²) in [5.74, 6) is 1.06. The molecule has 3 atom stereocenters. The van der Waals surface area contributed by atoms with E-state index in [0.717, 1.165) is 31.6 Å². The Morgan fingerprint density at radius 3 is 2.93 bits per heavy atom. The molecule has 2 aliphatic heterocycles. The summed E-state index contributed by atoms with van der Waals surface area (Å²) in [5, 5.41) is 13.0. The van der Waals surface area contributed by atoms with E-state index < -0.39 is 12.2 Å². The van der Waals surface area contributed by atoms with Gasteiger partial charge in [0.15, 0.2) is 11.5 Å². The minimum Gasteiger partial charge on any atom is -0.485 e. The molecule has 2 heterocycles. The maximum absolute atomic E-state index is 12.5. The summed E-state index contributed by atoms with van der Waals surface area (Å²) in [7, 11) is 0. The summed E-state index contributed by atoms with van der Waals surface area (Å²) in [6, 6.07) is 13.1. The van der Waals surface area contributed by atoms with E-state index in [1.54, 1.807) is 0 Å². The van der Waals surface area contributed by atoms with Gasteiger partial charge in [-0.3, -0.25) is 10.2 Å². The maximum Gasteiger partial charge on any atom is 0.417 e. The lowest BCUT2D eigenvalue weighted by Crippen LogP contribution is -2.43. The van der Waals surface area contributed by atoms with Gasteiger partial charge in [0.05, 0.1) is 11.5 Å². The molecule has 3 aliphatic rings. The van der Waals surface area contributed by atoms with Gasteiger partial charge in [-0.05, 0) is 43.3 Å². The molecule has 6 heteroatoms. The molecule has 30 heavy (non-hydrogen) atoms. The highest BCUT2D eigenvalue weighted by molar-refractivity contribution is 5.86. The Morgan fingerprint density at radius 1 is 1.30 bits per heavy atom. The van der Waals surface area contributed by atoms with Gasteiger partial charge < -0.3 is 14.6 Å². The molecule has 1 aliphatic carbocycles. The number of para-hydroxylation sites is 1. The van der Waals surface area contributed by atoms with Crippen molar-refractivity contribution in [2.75, 3.05) is 18.4 Å². The molecular formula is C24H26N2O4. The van der Waals surface area contributed by atoms with Crippen LogP contribution < -0.4 is 14.8 Å². The normalized spacial score (nSPS) is 26.9. The van der Waals surface area contributed by atoms with Gasteiger partial charge in [0.1, 0.15) is 6.10 Å². The first-order chi connectivity index (χ1) is 14.6. The first-order valence-corrected chi connectivity index (χ1v) is 10.6. The highest BCUT2D eigenvalue weighted by atomic mass is 16.6. The zero-order valence-corrected chi connectivity index (χ0v) is 17.0. The number of carbonyl (C=O) groups is 1. The predicted octanol–water partition coefficient (Wildman–Crippen LogP) is 3.84. The summed E-state index contributed by atoms with van der Waals surface area (Å²) in [6.07, 6.45) is 4.22. The number of rotatable bonds is 3. The number of benzene rings is 2. The van der Waals surface area contributed by atoms with Gasteiger partial charge in [-0.1, -0.05) is 43.3 Å². The lowest BCUT2D eigenvalue weighted by Gasteiger charge is -2.35. The lowest BCUT2D eigenvalue weighted by molar-refractivity contribution is 0.0813. The second kappa shape index (κ2) is 7.45. The molecule has 0 unspecified atom stereocenters. The molecule has 1 amide bonds. The fourth-order valence-electron chi connectivity index (χ4n) is 4.95. The van der Waals surface area contributed by atoms with Crippen LogP contribution in [0.25, 0.3) is 0 Å². The van der Waals surface area contributed by atoms with Gasteiger partial charge in [0.25, 0.3) is 0 Å². The molecule has 2 aromatic rings. The van der Waals surface area contributed by atoms with Crippen LogP contribution in [0.2, 0.25) is 0 Å². The molecule has 0 saturated carbocycles. The van der Waals surface area contributed by atoms with Crippen molar-refractivity contribution in [3.05, 3.63) is 65.7 Å². The molecule has 0 fully saturated rings. The predicted molar refractivity (Wildman–Crippen MR) is 114 cm³/mol. The third kappa shape index (κ3) is 3.16. The first-order valence-electron chi connectivity index (χ1n) is 10.6. The van der Waals surface area contributed by atoms with Crippen molar-refractivity contribution >= 4 is 11.8 Å². The standard InChI is InChI=1S/C24H26N2O4/c1-2-26-13-12-24-11-10-18(27)14-20(24)30-22-19(9-8-16(15-26)21(22)24)29-23(28)25-17-6-4-3-5-7-17/h3-11,18,20,27H,2,12-15H2,1H3,(H,25,28)/t18-,20-,24-/m0/s1. The van der Waals surface area contributed by atoms with Crippen LogP contribution in [-0.4, -0.2) is 41.4 Å². The molecule has 2 aromatic carbocycles. The van der Waals surface area contributed by atoms with Gasteiger partial charge in [-0.15, -0.1) is 0 Å². The smallest absolute Gasteiger partial charge is 0.417 e. The average Bonchev–Trinajstić information content (AvgIpc) is 2.98. The van der Waals surface area contributed by atoms with E-state index in [-0.39, 0.29) is 11.5 Å². The molecule has 2 N–H and O–H groups in total. The summed E-state index contributed by atoms with van der Waals surface area (Å²) < 4.78 is 12.0. The summed E-state index contributed by atoms with van der Waals surface area (Å²) >= 11 is 0. The van der Waals surface area contributed by atoms with Crippen LogP contribution in [0.1, 0.15) is 30.9 Å². The quantitative estimate of drug-likeness (QED) is 0.758. The second-order valence-corrected chi connectivity index (χ2v) is 8.24. The van der Waals surface area contributed by atoms with Crippen LogP contribution in [-0.2, 0) is 12.0 Å². The van der Waals surface area contributed by atoms with Gasteiger partial charge in [-0.25, -0.2) is 4.79 Å². The van der Waals surface area contributed by atoms with Crippen molar-refractivity contribution in [3.8, 4) is 11.5 Å². The van der Waals surface area contributed by atoms with E-state index in [9.17, 15) is 9.90 Å². The van der Waals surface area contributed by atoms with E-state index in [1.165, 1.54) is 5.56 Å². The third-order valence-corrected chi connectivity index (χ3v) is 6.49. The molecule has 5 rings (SSSR count). The Bertz CT molecular complexity index is 990. The second-order valence-electron chi connectivity index (χ2n) is 8.24. The van der Waals surface area contributed by atoms with Crippen LogP contribution in [0.4, 0.5) is 10.5 Å². The SMILES string of the molecule is CCN1CC[C@@]23C=C[C@H](O)C[C@@H]2Oc2c(OC(=O)Nc4ccccc4)ccc(c23)C1. The molecule has 0 radical (unpaired) electrons. The minimum absolute atomic E-state index is 0.162. The molecule has 1 spiro atoms. The van der Waals surface area contributed by atoms with Gasteiger partial charge >= 0.3 is 6.09 Å². The average molecular weight is 406 g/mol. The van der Waals surface area contributed by atoms with Crippen LogP contribution >= 0.6 is 0 Å². The number of hydrogen-bond donors (Lipinski definition) is 2. The van der Waals surface area contributed by atoms with Crippen LogP contribution in [0.3, 0.4) is 0 Å². The zero-order chi connectivity index (χ0) is 20.7. The van der Waals surface area contributed by atoms with E-state index >= 15 is 0 Å². The highest BCUT2D eigenvalue weighted by Gasteiger charge is 2.52. The monoisotopic (exact) mass is 406 g/mol. The van der Waals surface area contributed by atoms with Crippen LogP contribution in [0.15, 0.2) is 54.6 Å². The summed E-state index contributed by atoms with van der Waals surface area (Å²) in [6.45, 7) is 4.93. The number of nitrogens with zero attached hydrogens (tertiary/aromatic N) is 1. The van der Waals surface area contributed by atoms with Crippen molar-refractivity contribution in [2.45, 2.75) is 43.9 Å². The number of ether oxygens (including phenoxy) is 2. The fraction of sp³-hybridized carbons (Fsp3) is 0.375. The van der Waals surface area contributed by atoms with Crippen molar-refractivity contribution in [2.24, 2.45) is 0 Å². The van der Waals surface area contributed by atoms with E-state index in [0.29, 0.717) is 23.6 Å². The number of aliphatic hydroxyl groups is 1. The molecular weight excluding hydrogens is 380 g/mol. The lowest BCUT2D eigenvalue weighted by atomic mass is 9.69. The number of hydrogen-bond acceptors (Lipinski definition) is 5. The Hall–Kier alpha value is -2.83. The Kier molecular flexibility index (Phi) is 4.76. The number of carbonyl (C=O) groups excluding carboxylic acids is 1. The molecule has 6 nitrogen and oxygen atoms in total. The summed E-state index contributed by atoms with van der Waals surface area (Å²) in [4.78, 5) is 14.9. The number of aliphatic hydroxyl groups excluding tert-OH is 1. The zero-order valence-electron chi connectivity index (χ0n) is 17.0. The number of nitrogens with one attached hydrogen (secondary N) is 1. The fourth-order valence-corrected chi connectivity index (χ4v) is 4.95. The number of amides is 1. The first kappa shape index (κ1) is 19.2. The highest BCUT2D eigenvalue weighted by Crippen LogP contribution is 2.55. The Morgan fingerprint density at radius 2 is 2.13 bits per heavy atom. The minimum atomic E-state index is -0.552. The van der Waals surface area contributed by atoms with Crippen molar-refractivity contribution in [1.82, 2.24) is 4.90 Å². The van der Waals surface area contributed by atoms with E-state index in [4.69, 9.17) is 9.47 Å². The molecule has 156 valence electrons. The summed E-state index contributed by atoms with van der Waals surface area (Å²) in [5.41, 5.74) is 2.69. The molecule has 0 aromatic heterocycles. The third-order valence-electron chi connectivity index (χ3n) is 6.49. The largest absolute Gasteiger partial charge is 0.485 e. The van der Waals surface area contributed by atoms with E-state index in [1.807, 2.05) is 48.5 Å².